The second-order valence-electron chi connectivity index (χ2n) is 12.7. The fourth-order valence-electron chi connectivity index (χ4n) is 7.30. The number of benzene rings is 7. The van der Waals surface area contributed by atoms with Gasteiger partial charge in [0.25, 0.3) is 0 Å². The van der Waals surface area contributed by atoms with Crippen LogP contribution in [0.5, 0.6) is 0 Å². The molecule has 0 radical (unpaired) electrons. The second kappa shape index (κ2) is 9.08. The first-order valence-corrected chi connectivity index (χ1v) is 15.4. The van der Waals surface area contributed by atoms with E-state index in [1.807, 2.05) is 0 Å². The van der Waals surface area contributed by atoms with Gasteiger partial charge in [0, 0.05) is 32.9 Å². The van der Waals surface area contributed by atoms with Crippen LogP contribution >= 0.6 is 0 Å². The fraction of sp³-hybridized carbons (Fsp3) is 0.0952. The zero-order chi connectivity index (χ0) is 29.7. The van der Waals surface area contributed by atoms with Crippen LogP contribution in [0.2, 0.25) is 0 Å². The third-order valence-electron chi connectivity index (χ3n) is 9.44. The van der Waals surface area contributed by atoms with Crippen molar-refractivity contribution < 1.29 is 0 Å². The van der Waals surface area contributed by atoms with E-state index >= 15 is 0 Å². The van der Waals surface area contributed by atoms with Gasteiger partial charge in [-0.1, -0.05) is 82.9 Å². The lowest BCUT2D eigenvalue weighted by atomic mass is 10.1. The van der Waals surface area contributed by atoms with Gasteiger partial charge >= 0.3 is 0 Å². The summed E-state index contributed by atoms with van der Waals surface area (Å²) in [4.78, 5) is 0. The van der Waals surface area contributed by atoms with Crippen LogP contribution in [0.15, 0.2) is 121 Å². The van der Waals surface area contributed by atoms with Crippen LogP contribution in [0.3, 0.4) is 0 Å². The average Bonchev–Trinajstić information content (AvgIpc) is 3.50. The summed E-state index contributed by atoms with van der Waals surface area (Å²) in [6, 6.07) is 45.8. The highest BCUT2D eigenvalue weighted by Gasteiger charge is 2.19. The number of rotatable bonds is 2. The number of hydrogen-bond acceptors (Lipinski definition) is 0. The summed E-state index contributed by atoms with van der Waals surface area (Å²) in [5.74, 6) is 0. The van der Waals surface area contributed by atoms with Gasteiger partial charge in [0.05, 0.1) is 22.1 Å². The number of nitrogens with zero attached hydrogens (tertiary/aromatic N) is 2. The topological polar surface area (TPSA) is 9.86 Å². The summed E-state index contributed by atoms with van der Waals surface area (Å²) in [5, 5.41) is 10.2. The van der Waals surface area contributed by atoms with Gasteiger partial charge in [0.2, 0.25) is 0 Å². The summed E-state index contributed by atoms with van der Waals surface area (Å²) < 4.78 is 4.92. The molecule has 2 nitrogen and oxygen atoms in total. The van der Waals surface area contributed by atoms with E-state index in [1.165, 1.54) is 98.8 Å². The van der Waals surface area contributed by atoms with Crippen LogP contribution in [-0.4, -0.2) is 9.13 Å². The van der Waals surface area contributed by atoms with Crippen LogP contribution in [0.1, 0.15) is 22.3 Å². The minimum absolute atomic E-state index is 1.19. The van der Waals surface area contributed by atoms with E-state index in [0.29, 0.717) is 0 Å². The first-order valence-electron chi connectivity index (χ1n) is 15.4. The van der Waals surface area contributed by atoms with Crippen molar-refractivity contribution in [3.8, 4) is 11.4 Å². The molecule has 9 rings (SSSR count). The van der Waals surface area contributed by atoms with Crippen LogP contribution in [-0.2, 0) is 0 Å². The Morgan fingerprint density at radius 1 is 0.295 bits per heavy atom. The Hall–Kier alpha value is -5.34. The molecule has 0 N–H and O–H groups in total. The normalized spacial score (nSPS) is 12.1. The number of hydrogen-bond donors (Lipinski definition) is 0. The molecule has 210 valence electrons. The Kier molecular flexibility index (Phi) is 5.20. The van der Waals surface area contributed by atoms with Crippen molar-refractivity contribution in [3.05, 3.63) is 144 Å². The Bertz CT molecular complexity index is 2460. The largest absolute Gasteiger partial charge is 0.309 e. The SMILES string of the molecule is Cc1ccc2cc(-n3c4ccc(C)cc4c4cc5c(cc43)c3cc(C)ccc3n5-c3ccc4cc(C)ccc4c3)ccc2c1. The van der Waals surface area contributed by atoms with E-state index < -0.39 is 0 Å². The molecular formula is C42H32N2. The highest BCUT2D eigenvalue weighted by molar-refractivity contribution is 6.19. The maximum Gasteiger partial charge on any atom is 0.0548 e. The van der Waals surface area contributed by atoms with Gasteiger partial charge < -0.3 is 9.13 Å². The first kappa shape index (κ1) is 25.2. The van der Waals surface area contributed by atoms with Crippen molar-refractivity contribution >= 4 is 65.2 Å². The van der Waals surface area contributed by atoms with Gasteiger partial charge in [-0.15, -0.1) is 0 Å². The molecule has 0 unspecified atom stereocenters. The summed E-state index contributed by atoms with van der Waals surface area (Å²) in [5.41, 5.74) is 12.4. The van der Waals surface area contributed by atoms with E-state index in [9.17, 15) is 0 Å². The van der Waals surface area contributed by atoms with Crippen molar-refractivity contribution in [2.75, 3.05) is 0 Å². The highest BCUT2D eigenvalue weighted by Crippen LogP contribution is 2.40. The molecule has 2 heteroatoms. The Labute approximate surface area is 256 Å². The van der Waals surface area contributed by atoms with Gasteiger partial charge in [0.1, 0.15) is 0 Å². The van der Waals surface area contributed by atoms with Crippen LogP contribution in [0, 0.1) is 27.7 Å². The predicted molar refractivity (Wildman–Crippen MR) is 189 cm³/mol. The number of fused-ring (bicyclic) bond motifs is 8. The van der Waals surface area contributed by atoms with Gasteiger partial charge in [-0.25, -0.2) is 0 Å². The van der Waals surface area contributed by atoms with Gasteiger partial charge in [-0.3, -0.25) is 0 Å². The van der Waals surface area contributed by atoms with Crippen molar-refractivity contribution in [2.45, 2.75) is 27.7 Å². The molecule has 0 aliphatic rings. The molecule has 9 aromatic rings. The third-order valence-corrected chi connectivity index (χ3v) is 9.44. The summed E-state index contributed by atoms with van der Waals surface area (Å²) >= 11 is 0. The summed E-state index contributed by atoms with van der Waals surface area (Å²) in [6.45, 7) is 8.70. The van der Waals surface area contributed by atoms with Crippen LogP contribution in [0.4, 0.5) is 0 Å². The minimum atomic E-state index is 1.19. The molecule has 0 bridgehead atoms. The minimum Gasteiger partial charge on any atom is -0.309 e. The van der Waals surface area contributed by atoms with Crippen LogP contribution in [0.25, 0.3) is 76.5 Å². The zero-order valence-electron chi connectivity index (χ0n) is 25.4. The Morgan fingerprint density at radius 3 is 1.09 bits per heavy atom. The molecule has 7 aromatic carbocycles. The predicted octanol–water partition coefficient (Wildman–Crippen LogP) is 11.4. The molecule has 2 heterocycles. The van der Waals surface area contributed by atoms with Gasteiger partial charge in [-0.2, -0.15) is 0 Å². The third kappa shape index (κ3) is 3.67. The smallest absolute Gasteiger partial charge is 0.0548 e. The molecule has 0 amide bonds. The van der Waals surface area contributed by atoms with Crippen molar-refractivity contribution in [3.63, 3.8) is 0 Å². The molecule has 0 aliphatic heterocycles. The van der Waals surface area contributed by atoms with Crippen molar-refractivity contribution in [1.29, 1.82) is 0 Å². The molecule has 0 saturated carbocycles. The average molecular weight is 565 g/mol. The lowest BCUT2D eigenvalue weighted by molar-refractivity contribution is 1.18. The molecule has 0 spiro atoms. The van der Waals surface area contributed by atoms with Crippen molar-refractivity contribution in [2.24, 2.45) is 0 Å². The van der Waals surface area contributed by atoms with E-state index in [0.717, 1.165) is 0 Å². The lowest BCUT2D eigenvalue weighted by Crippen LogP contribution is -1.95. The maximum absolute atomic E-state index is 2.46. The fourth-order valence-corrected chi connectivity index (χ4v) is 7.30. The molecule has 0 atom stereocenters. The summed E-state index contributed by atoms with van der Waals surface area (Å²) in [7, 11) is 0. The Morgan fingerprint density at radius 2 is 0.636 bits per heavy atom. The van der Waals surface area contributed by atoms with E-state index in [-0.39, 0.29) is 0 Å². The van der Waals surface area contributed by atoms with Gasteiger partial charge in [-0.05, 0) is 110 Å². The van der Waals surface area contributed by atoms with E-state index in [4.69, 9.17) is 0 Å². The van der Waals surface area contributed by atoms with E-state index in [2.05, 4.69) is 158 Å². The molecule has 0 fully saturated rings. The quantitative estimate of drug-likeness (QED) is 0.198. The lowest BCUT2D eigenvalue weighted by Gasteiger charge is -2.11. The maximum atomic E-state index is 2.46. The second-order valence-corrected chi connectivity index (χ2v) is 12.7. The molecular weight excluding hydrogens is 532 g/mol. The molecule has 44 heavy (non-hydrogen) atoms. The molecule has 2 aromatic heterocycles. The van der Waals surface area contributed by atoms with E-state index in [1.54, 1.807) is 0 Å². The molecule has 0 aliphatic carbocycles. The molecule has 0 saturated heterocycles. The Balaban J connectivity index is 1.40. The van der Waals surface area contributed by atoms with Gasteiger partial charge in [0.15, 0.2) is 0 Å². The number of aromatic nitrogens is 2. The zero-order valence-corrected chi connectivity index (χ0v) is 25.4. The van der Waals surface area contributed by atoms with Crippen LogP contribution < -0.4 is 0 Å². The standard InChI is InChI=1S/C42H32N2/c1-25-5-9-31-21-33(13-11-29(31)17-25)43-39-15-7-27(3)19-35(39)37-24-42-38(23-41(37)43)36-20-28(4)8-16-40(36)44(42)34-14-12-30-18-26(2)6-10-32(30)22-34/h5-24H,1-4H3. The monoisotopic (exact) mass is 564 g/mol. The van der Waals surface area contributed by atoms with Crippen molar-refractivity contribution in [1.82, 2.24) is 9.13 Å². The summed E-state index contributed by atoms with van der Waals surface area (Å²) in [6.07, 6.45) is 0. The highest BCUT2D eigenvalue weighted by atomic mass is 15.0. The number of aryl methyl sites for hydroxylation is 4. The first-order chi connectivity index (χ1) is 21.4.